The predicted octanol–water partition coefficient (Wildman–Crippen LogP) is 3.77. The number of anilines is 1. The molecular formula is C16H13F3N2O. The molecule has 3 rings (SSSR count). The topological polar surface area (TPSA) is 47.3 Å². The number of para-hydroxylation sites is 1. The molecule has 22 heavy (non-hydrogen) atoms. The van der Waals surface area contributed by atoms with Gasteiger partial charge in [0.2, 0.25) is 0 Å². The Balaban J connectivity index is 2.00. The second-order valence-electron chi connectivity index (χ2n) is 4.91. The highest BCUT2D eigenvalue weighted by atomic mass is 19.4. The molecule has 0 spiro atoms. The number of halogens is 3. The summed E-state index contributed by atoms with van der Waals surface area (Å²) in [5, 5.41) is 3.10. The lowest BCUT2D eigenvalue weighted by Crippen LogP contribution is -2.21. The van der Waals surface area contributed by atoms with Crippen molar-refractivity contribution >= 4 is 17.5 Å². The average molecular weight is 306 g/mol. The van der Waals surface area contributed by atoms with Gasteiger partial charge in [0, 0.05) is 23.5 Å². The Labute approximate surface area is 125 Å². The molecule has 1 aliphatic heterocycles. The monoisotopic (exact) mass is 306 g/mol. The maximum Gasteiger partial charge on any atom is 0.573 e. The van der Waals surface area contributed by atoms with Gasteiger partial charge in [0.15, 0.2) is 0 Å². The van der Waals surface area contributed by atoms with Crippen LogP contribution in [0, 0.1) is 0 Å². The summed E-state index contributed by atoms with van der Waals surface area (Å²) >= 11 is 0. The van der Waals surface area contributed by atoms with Gasteiger partial charge in [0.1, 0.15) is 5.75 Å². The highest BCUT2D eigenvalue weighted by Crippen LogP contribution is 2.33. The van der Waals surface area contributed by atoms with Crippen molar-refractivity contribution in [2.24, 2.45) is 0 Å². The quantitative estimate of drug-likeness (QED) is 0.830. The van der Waals surface area contributed by atoms with Gasteiger partial charge in [-0.1, -0.05) is 18.2 Å². The van der Waals surface area contributed by atoms with E-state index in [0.717, 1.165) is 11.1 Å². The molecule has 0 fully saturated rings. The summed E-state index contributed by atoms with van der Waals surface area (Å²) in [6, 6.07) is 11.5. The molecule has 3 N–H and O–H groups in total. The third-order valence-corrected chi connectivity index (χ3v) is 3.34. The van der Waals surface area contributed by atoms with E-state index in [9.17, 15) is 13.2 Å². The molecule has 0 aliphatic carbocycles. The fourth-order valence-electron chi connectivity index (χ4n) is 2.39. The third kappa shape index (κ3) is 3.00. The lowest BCUT2D eigenvalue weighted by molar-refractivity contribution is -0.274. The standard InChI is InChI=1S/C16H13F3N2O/c17-16(18,19)22-15-4-2-1-3-13(15)14-8-10-5-6-12(20)7-11(10)9-21-14/h1-8,21H,9,20H2. The fourth-order valence-corrected chi connectivity index (χ4v) is 2.39. The van der Waals surface area contributed by atoms with Gasteiger partial charge in [0.05, 0.1) is 0 Å². The molecule has 0 saturated heterocycles. The van der Waals surface area contributed by atoms with E-state index in [1.807, 2.05) is 12.1 Å². The number of nitrogens with two attached hydrogens (primary N) is 1. The third-order valence-electron chi connectivity index (χ3n) is 3.34. The molecule has 1 aliphatic rings. The van der Waals surface area contributed by atoms with Crippen molar-refractivity contribution in [1.82, 2.24) is 5.32 Å². The summed E-state index contributed by atoms with van der Waals surface area (Å²) in [5.74, 6) is -0.229. The lowest BCUT2D eigenvalue weighted by Gasteiger charge is -2.21. The second kappa shape index (κ2) is 5.29. The van der Waals surface area contributed by atoms with Gasteiger partial charge in [-0.2, -0.15) is 0 Å². The molecule has 0 atom stereocenters. The number of benzene rings is 2. The molecule has 0 radical (unpaired) electrons. The minimum absolute atomic E-state index is 0.229. The highest BCUT2D eigenvalue weighted by Gasteiger charge is 2.32. The smallest absolute Gasteiger partial charge is 0.405 e. The molecular weight excluding hydrogens is 293 g/mol. The van der Waals surface area contributed by atoms with Crippen LogP contribution in [0.2, 0.25) is 0 Å². The zero-order valence-electron chi connectivity index (χ0n) is 11.4. The molecule has 2 aromatic carbocycles. The van der Waals surface area contributed by atoms with Gasteiger partial charge in [0.25, 0.3) is 0 Å². The summed E-state index contributed by atoms with van der Waals surface area (Å²) in [5.41, 5.74) is 9.24. The summed E-state index contributed by atoms with van der Waals surface area (Å²) in [6.07, 6.45) is -2.94. The number of nitrogen functional groups attached to an aromatic ring is 1. The van der Waals surface area contributed by atoms with Crippen LogP contribution in [0.15, 0.2) is 42.5 Å². The van der Waals surface area contributed by atoms with E-state index >= 15 is 0 Å². The van der Waals surface area contributed by atoms with Gasteiger partial charge < -0.3 is 15.8 Å². The minimum atomic E-state index is -4.72. The average Bonchev–Trinajstić information content (AvgIpc) is 2.46. The van der Waals surface area contributed by atoms with E-state index in [1.165, 1.54) is 12.1 Å². The first-order valence-electron chi connectivity index (χ1n) is 6.61. The zero-order chi connectivity index (χ0) is 15.7. The first kappa shape index (κ1) is 14.3. The predicted molar refractivity (Wildman–Crippen MR) is 78.7 cm³/mol. The first-order valence-corrected chi connectivity index (χ1v) is 6.61. The van der Waals surface area contributed by atoms with Crippen molar-refractivity contribution in [3.63, 3.8) is 0 Å². The summed E-state index contributed by atoms with van der Waals surface area (Å²) in [7, 11) is 0. The van der Waals surface area contributed by atoms with Crippen molar-refractivity contribution in [2.45, 2.75) is 12.9 Å². The fraction of sp³-hybridized carbons (Fsp3) is 0.125. The molecule has 3 nitrogen and oxygen atoms in total. The molecule has 0 saturated carbocycles. The van der Waals surface area contributed by atoms with E-state index in [1.54, 1.807) is 24.3 Å². The van der Waals surface area contributed by atoms with Crippen molar-refractivity contribution < 1.29 is 17.9 Å². The maximum absolute atomic E-state index is 12.5. The molecule has 0 bridgehead atoms. The highest BCUT2D eigenvalue weighted by molar-refractivity contribution is 5.85. The van der Waals surface area contributed by atoms with Gasteiger partial charge in [-0.15, -0.1) is 13.2 Å². The summed E-state index contributed by atoms with van der Waals surface area (Å²) < 4.78 is 41.6. The van der Waals surface area contributed by atoms with Crippen LogP contribution in [0.3, 0.4) is 0 Å². The lowest BCUT2D eigenvalue weighted by atomic mass is 9.99. The van der Waals surface area contributed by atoms with Gasteiger partial charge in [-0.3, -0.25) is 0 Å². The van der Waals surface area contributed by atoms with Gasteiger partial charge >= 0.3 is 6.36 Å². The Morgan fingerprint density at radius 3 is 2.64 bits per heavy atom. The number of hydrogen-bond donors (Lipinski definition) is 2. The molecule has 2 aromatic rings. The Kier molecular flexibility index (Phi) is 3.44. The molecule has 0 aromatic heterocycles. The first-order chi connectivity index (χ1) is 10.4. The summed E-state index contributed by atoms with van der Waals surface area (Å²) in [4.78, 5) is 0. The SMILES string of the molecule is Nc1ccc2c(c1)CNC(c1ccccc1OC(F)(F)F)=C2. The molecule has 0 amide bonds. The van der Waals surface area contributed by atoms with E-state index in [0.29, 0.717) is 23.5 Å². The molecule has 114 valence electrons. The van der Waals surface area contributed by atoms with E-state index in [-0.39, 0.29) is 5.75 Å². The maximum atomic E-state index is 12.5. The van der Waals surface area contributed by atoms with Crippen molar-refractivity contribution in [2.75, 3.05) is 5.73 Å². The van der Waals surface area contributed by atoms with E-state index in [2.05, 4.69) is 10.1 Å². The second-order valence-corrected chi connectivity index (χ2v) is 4.91. The zero-order valence-corrected chi connectivity index (χ0v) is 11.4. The summed E-state index contributed by atoms with van der Waals surface area (Å²) in [6.45, 7) is 0.493. The van der Waals surface area contributed by atoms with Crippen LogP contribution in [0.1, 0.15) is 16.7 Å². The Morgan fingerprint density at radius 2 is 1.86 bits per heavy atom. The molecule has 1 heterocycles. The normalized spacial score (nSPS) is 13.9. The Morgan fingerprint density at radius 1 is 1.09 bits per heavy atom. The van der Waals surface area contributed by atoms with Gasteiger partial charge in [-0.25, -0.2) is 0 Å². The van der Waals surface area contributed by atoms with Crippen molar-refractivity contribution in [3.05, 3.63) is 59.2 Å². The minimum Gasteiger partial charge on any atom is -0.405 e. The van der Waals surface area contributed by atoms with Crippen LogP contribution in [0.4, 0.5) is 18.9 Å². The Bertz CT molecular complexity index is 738. The number of fused-ring (bicyclic) bond motifs is 1. The van der Waals surface area contributed by atoms with Crippen molar-refractivity contribution in [1.29, 1.82) is 0 Å². The largest absolute Gasteiger partial charge is 0.573 e. The van der Waals surface area contributed by atoms with Gasteiger partial charge in [-0.05, 0) is 41.5 Å². The van der Waals surface area contributed by atoms with Crippen LogP contribution in [-0.4, -0.2) is 6.36 Å². The molecule has 6 heteroatoms. The number of nitrogens with one attached hydrogen (secondary N) is 1. The number of rotatable bonds is 2. The van der Waals surface area contributed by atoms with Crippen LogP contribution in [-0.2, 0) is 6.54 Å². The van der Waals surface area contributed by atoms with Crippen LogP contribution in [0.5, 0.6) is 5.75 Å². The van der Waals surface area contributed by atoms with Crippen LogP contribution in [0.25, 0.3) is 11.8 Å². The van der Waals surface area contributed by atoms with E-state index in [4.69, 9.17) is 5.73 Å². The molecule has 0 unspecified atom stereocenters. The van der Waals surface area contributed by atoms with Crippen molar-refractivity contribution in [3.8, 4) is 5.75 Å². The Hall–Kier alpha value is -2.63. The van der Waals surface area contributed by atoms with Crippen LogP contribution < -0.4 is 15.8 Å². The van der Waals surface area contributed by atoms with E-state index < -0.39 is 6.36 Å². The number of ether oxygens (including phenoxy) is 1. The number of alkyl halides is 3. The number of hydrogen-bond acceptors (Lipinski definition) is 3. The van der Waals surface area contributed by atoms with Crippen LogP contribution >= 0.6 is 0 Å².